The van der Waals surface area contributed by atoms with Crippen LogP contribution < -0.4 is 5.32 Å². The van der Waals surface area contributed by atoms with Crippen LogP contribution in [0.25, 0.3) is 11.0 Å². The SMILES string of the molecule is O=C(Nc1c(C(=O)O)oc2ccccc12)c1ccc(Cl)cc1. The summed E-state index contributed by atoms with van der Waals surface area (Å²) in [6.07, 6.45) is 0. The first-order valence-electron chi connectivity index (χ1n) is 6.38. The monoisotopic (exact) mass is 315 g/mol. The van der Waals surface area contributed by atoms with Crippen molar-refractivity contribution >= 4 is 40.1 Å². The fourth-order valence-electron chi connectivity index (χ4n) is 2.11. The number of carbonyl (C=O) groups excluding carboxylic acids is 1. The molecule has 1 amide bonds. The van der Waals surface area contributed by atoms with Gasteiger partial charge in [-0.1, -0.05) is 23.7 Å². The highest BCUT2D eigenvalue weighted by atomic mass is 35.5. The number of carbonyl (C=O) groups is 2. The number of rotatable bonds is 3. The Bertz CT molecular complexity index is 867. The smallest absolute Gasteiger partial charge is 0.374 e. The van der Waals surface area contributed by atoms with Crippen molar-refractivity contribution in [3.63, 3.8) is 0 Å². The number of hydrogen-bond acceptors (Lipinski definition) is 3. The lowest BCUT2D eigenvalue weighted by atomic mass is 10.2. The molecule has 0 saturated heterocycles. The minimum Gasteiger partial charge on any atom is -0.475 e. The third kappa shape index (κ3) is 2.54. The number of carboxylic acids is 1. The standard InChI is InChI=1S/C16H10ClNO4/c17-10-7-5-9(6-8-10)15(19)18-13-11-3-1-2-4-12(11)22-14(13)16(20)21/h1-8H,(H,18,19)(H,20,21). The van der Waals surface area contributed by atoms with Crippen LogP contribution in [0.5, 0.6) is 0 Å². The molecule has 5 nitrogen and oxygen atoms in total. The molecule has 0 spiro atoms. The summed E-state index contributed by atoms with van der Waals surface area (Å²) in [6.45, 7) is 0. The van der Waals surface area contributed by atoms with Gasteiger partial charge in [0.25, 0.3) is 5.91 Å². The molecule has 0 radical (unpaired) electrons. The van der Waals surface area contributed by atoms with E-state index >= 15 is 0 Å². The van der Waals surface area contributed by atoms with Gasteiger partial charge in [0.15, 0.2) is 0 Å². The second kappa shape index (κ2) is 5.54. The van der Waals surface area contributed by atoms with Gasteiger partial charge in [-0.05, 0) is 36.4 Å². The average molecular weight is 316 g/mol. The van der Waals surface area contributed by atoms with Crippen molar-refractivity contribution in [2.75, 3.05) is 5.32 Å². The molecule has 1 aromatic heterocycles. The van der Waals surface area contributed by atoms with Gasteiger partial charge in [0.1, 0.15) is 11.3 Å². The summed E-state index contributed by atoms with van der Waals surface area (Å²) in [4.78, 5) is 23.5. The Labute approximate surface area is 130 Å². The predicted octanol–water partition coefficient (Wildman–Crippen LogP) is 4.04. The Morgan fingerprint density at radius 3 is 2.41 bits per heavy atom. The molecule has 22 heavy (non-hydrogen) atoms. The van der Waals surface area contributed by atoms with Gasteiger partial charge in [0.2, 0.25) is 5.76 Å². The third-order valence-corrected chi connectivity index (χ3v) is 3.39. The zero-order valence-corrected chi connectivity index (χ0v) is 11.9. The summed E-state index contributed by atoms with van der Waals surface area (Å²) < 4.78 is 5.28. The molecule has 2 aromatic carbocycles. The molecule has 2 N–H and O–H groups in total. The van der Waals surface area contributed by atoms with Crippen LogP contribution in [0.3, 0.4) is 0 Å². The number of fused-ring (bicyclic) bond motifs is 1. The number of aromatic carboxylic acids is 1. The predicted molar refractivity (Wildman–Crippen MR) is 82.6 cm³/mol. The van der Waals surface area contributed by atoms with Gasteiger partial charge >= 0.3 is 5.97 Å². The first-order valence-corrected chi connectivity index (χ1v) is 6.76. The molecule has 3 rings (SSSR count). The Kier molecular flexibility index (Phi) is 3.56. The molecule has 110 valence electrons. The lowest BCUT2D eigenvalue weighted by Gasteiger charge is -2.04. The highest BCUT2D eigenvalue weighted by Gasteiger charge is 2.21. The second-order valence-electron chi connectivity index (χ2n) is 4.57. The molecule has 0 unspecified atom stereocenters. The molecule has 3 aromatic rings. The zero-order valence-electron chi connectivity index (χ0n) is 11.2. The largest absolute Gasteiger partial charge is 0.475 e. The van der Waals surface area contributed by atoms with Crippen molar-refractivity contribution in [1.82, 2.24) is 0 Å². The van der Waals surface area contributed by atoms with Crippen LogP contribution in [0.15, 0.2) is 52.9 Å². The number of benzene rings is 2. The minimum atomic E-state index is -1.25. The van der Waals surface area contributed by atoms with Crippen molar-refractivity contribution in [3.05, 3.63) is 64.9 Å². The number of furan rings is 1. The first kappa shape index (κ1) is 14.2. The van der Waals surface area contributed by atoms with E-state index in [0.29, 0.717) is 21.6 Å². The summed E-state index contributed by atoms with van der Waals surface area (Å²) >= 11 is 5.78. The number of nitrogens with one attached hydrogen (secondary N) is 1. The highest BCUT2D eigenvalue weighted by Crippen LogP contribution is 2.31. The van der Waals surface area contributed by atoms with Crippen molar-refractivity contribution in [3.8, 4) is 0 Å². The van der Waals surface area contributed by atoms with Crippen LogP contribution in [-0.2, 0) is 0 Å². The van der Waals surface area contributed by atoms with E-state index in [1.807, 2.05) is 0 Å². The van der Waals surface area contributed by atoms with E-state index in [4.69, 9.17) is 16.0 Å². The van der Waals surface area contributed by atoms with Gasteiger partial charge < -0.3 is 14.8 Å². The van der Waals surface area contributed by atoms with Gasteiger partial charge in [0.05, 0.1) is 0 Å². The number of para-hydroxylation sites is 1. The van der Waals surface area contributed by atoms with Crippen molar-refractivity contribution in [2.45, 2.75) is 0 Å². The van der Waals surface area contributed by atoms with Gasteiger partial charge in [0, 0.05) is 16.0 Å². The highest BCUT2D eigenvalue weighted by molar-refractivity contribution is 6.30. The summed E-state index contributed by atoms with van der Waals surface area (Å²) in [5, 5.41) is 12.9. The molecule has 6 heteroatoms. The van der Waals surface area contributed by atoms with E-state index in [-0.39, 0.29) is 11.4 Å². The Morgan fingerprint density at radius 2 is 1.73 bits per heavy atom. The quantitative estimate of drug-likeness (QED) is 0.764. The molecule has 0 atom stereocenters. The normalized spacial score (nSPS) is 10.6. The summed E-state index contributed by atoms with van der Waals surface area (Å²) in [5.41, 5.74) is 0.903. The molecule has 0 aliphatic heterocycles. The van der Waals surface area contributed by atoms with Crippen molar-refractivity contribution < 1.29 is 19.1 Å². The first-order chi connectivity index (χ1) is 10.6. The van der Waals surface area contributed by atoms with Crippen LogP contribution in [-0.4, -0.2) is 17.0 Å². The van der Waals surface area contributed by atoms with Crippen LogP contribution in [0.1, 0.15) is 20.9 Å². The van der Waals surface area contributed by atoms with Gasteiger partial charge in [-0.15, -0.1) is 0 Å². The van der Waals surface area contributed by atoms with E-state index in [0.717, 1.165) is 0 Å². The average Bonchev–Trinajstić information content (AvgIpc) is 2.87. The number of hydrogen-bond donors (Lipinski definition) is 2. The number of halogens is 1. The summed E-state index contributed by atoms with van der Waals surface area (Å²) in [7, 11) is 0. The lowest BCUT2D eigenvalue weighted by molar-refractivity contribution is 0.0666. The summed E-state index contributed by atoms with van der Waals surface area (Å²) in [6, 6.07) is 13.1. The fraction of sp³-hybridized carbons (Fsp3) is 0. The van der Waals surface area contributed by atoms with Crippen molar-refractivity contribution in [1.29, 1.82) is 0 Å². The van der Waals surface area contributed by atoms with Crippen LogP contribution in [0, 0.1) is 0 Å². The van der Waals surface area contributed by atoms with Crippen LogP contribution in [0.4, 0.5) is 5.69 Å². The molecule has 0 saturated carbocycles. The van der Waals surface area contributed by atoms with Gasteiger partial charge in [-0.25, -0.2) is 4.79 Å². The molecular formula is C16H10ClNO4. The van der Waals surface area contributed by atoms with E-state index < -0.39 is 11.9 Å². The zero-order chi connectivity index (χ0) is 15.7. The Morgan fingerprint density at radius 1 is 1.05 bits per heavy atom. The van der Waals surface area contributed by atoms with E-state index in [1.54, 1.807) is 48.5 Å². The number of carboxylic acid groups (broad SMARTS) is 1. The van der Waals surface area contributed by atoms with Gasteiger partial charge in [-0.2, -0.15) is 0 Å². The maximum absolute atomic E-state index is 12.3. The topological polar surface area (TPSA) is 79.5 Å². The number of anilines is 1. The van der Waals surface area contributed by atoms with E-state index in [9.17, 15) is 14.7 Å². The molecule has 0 bridgehead atoms. The van der Waals surface area contributed by atoms with E-state index in [1.165, 1.54) is 0 Å². The fourth-order valence-corrected chi connectivity index (χ4v) is 2.23. The van der Waals surface area contributed by atoms with Crippen LogP contribution in [0.2, 0.25) is 5.02 Å². The Hall–Kier alpha value is -2.79. The minimum absolute atomic E-state index is 0.142. The molecule has 0 aliphatic carbocycles. The van der Waals surface area contributed by atoms with Gasteiger partial charge in [-0.3, -0.25) is 4.79 Å². The maximum Gasteiger partial charge on any atom is 0.374 e. The van der Waals surface area contributed by atoms with E-state index in [2.05, 4.69) is 5.32 Å². The maximum atomic E-state index is 12.3. The molecular weight excluding hydrogens is 306 g/mol. The summed E-state index contributed by atoms with van der Waals surface area (Å²) in [5.74, 6) is -1.99. The number of amides is 1. The van der Waals surface area contributed by atoms with Crippen LogP contribution >= 0.6 is 11.6 Å². The lowest BCUT2D eigenvalue weighted by Crippen LogP contribution is -2.13. The Balaban J connectivity index is 2.02. The van der Waals surface area contributed by atoms with Crippen molar-refractivity contribution in [2.24, 2.45) is 0 Å². The molecule has 0 fully saturated rings. The second-order valence-corrected chi connectivity index (χ2v) is 5.00. The molecule has 0 aliphatic rings. The third-order valence-electron chi connectivity index (χ3n) is 3.13. The molecule has 1 heterocycles.